The fraction of sp³-hybridized carbons (Fsp3) is 1.00. The van der Waals surface area contributed by atoms with E-state index in [1.165, 1.54) is 6.42 Å². The van der Waals surface area contributed by atoms with Crippen molar-refractivity contribution in [1.29, 1.82) is 0 Å². The van der Waals surface area contributed by atoms with Gasteiger partial charge in [-0.25, -0.2) is 0 Å². The van der Waals surface area contributed by atoms with Crippen LogP contribution in [0.2, 0.25) is 0 Å². The molecule has 1 rings (SSSR count). The maximum absolute atomic E-state index is 12.0. The summed E-state index contributed by atoms with van der Waals surface area (Å²) in [6, 6.07) is 0.317. The number of piperidine rings is 1. The van der Waals surface area contributed by atoms with Crippen molar-refractivity contribution in [1.82, 2.24) is 10.2 Å². The number of halogens is 3. The largest absolute Gasteiger partial charge is 0.441 e. The van der Waals surface area contributed by atoms with E-state index in [1.54, 1.807) is 0 Å². The molecule has 0 aromatic carbocycles. The first-order valence-electron chi connectivity index (χ1n) is 7.08. The van der Waals surface area contributed by atoms with Gasteiger partial charge in [0.1, 0.15) is 0 Å². The second-order valence-corrected chi connectivity index (χ2v) is 6.38. The standard InChI is InChI=1S/C13H25F3N2S/c1-3-7-18-8-4-12(5-9-18)11(2)17-6-10-19-13(14,15)16/h11-12,17H,3-10H2,1-2H3. The van der Waals surface area contributed by atoms with E-state index in [4.69, 9.17) is 0 Å². The molecule has 0 aromatic rings. The average molecular weight is 298 g/mol. The minimum Gasteiger partial charge on any atom is -0.313 e. The van der Waals surface area contributed by atoms with E-state index in [-0.39, 0.29) is 17.5 Å². The lowest BCUT2D eigenvalue weighted by molar-refractivity contribution is -0.0327. The van der Waals surface area contributed by atoms with Gasteiger partial charge in [0.25, 0.3) is 0 Å². The molecule has 2 nitrogen and oxygen atoms in total. The third-order valence-corrected chi connectivity index (χ3v) is 4.45. The third-order valence-electron chi connectivity index (χ3n) is 3.71. The molecular formula is C13H25F3N2S. The number of thioether (sulfide) groups is 1. The van der Waals surface area contributed by atoms with Crippen LogP contribution in [0.3, 0.4) is 0 Å². The molecule has 1 unspecified atom stereocenters. The van der Waals surface area contributed by atoms with E-state index in [1.807, 2.05) is 0 Å². The highest BCUT2D eigenvalue weighted by Gasteiger charge is 2.28. The molecule has 0 radical (unpaired) electrons. The van der Waals surface area contributed by atoms with E-state index in [0.717, 1.165) is 32.5 Å². The van der Waals surface area contributed by atoms with Gasteiger partial charge in [0.05, 0.1) is 0 Å². The number of alkyl halides is 3. The Kier molecular flexibility index (Phi) is 7.54. The van der Waals surface area contributed by atoms with E-state index in [9.17, 15) is 13.2 Å². The number of rotatable bonds is 7. The lowest BCUT2D eigenvalue weighted by atomic mass is 9.90. The molecule has 0 bridgehead atoms. The summed E-state index contributed by atoms with van der Waals surface area (Å²) in [5.74, 6) is 0.701. The molecule has 1 N–H and O–H groups in total. The third kappa shape index (κ3) is 7.42. The van der Waals surface area contributed by atoms with Crippen molar-refractivity contribution in [2.45, 2.75) is 44.7 Å². The molecule has 0 spiro atoms. The van der Waals surface area contributed by atoms with Crippen LogP contribution in [0.25, 0.3) is 0 Å². The van der Waals surface area contributed by atoms with Crippen LogP contribution < -0.4 is 5.32 Å². The summed E-state index contributed by atoms with van der Waals surface area (Å²) >= 11 is 0.0585. The van der Waals surface area contributed by atoms with Gasteiger partial charge in [-0.15, -0.1) is 0 Å². The molecule has 6 heteroatoms. The quantitative estimate of drug-likeness (QED) is 0.726. The second kappa shape index (κ2) is 8.37. The van der Waals surface area contributed by atoms with Gasteiger partial charge in [0.2, 0.25) is 0 Å². The first kappa shape index (κ1) is 17.1. The first-order chi connectivity index (χ1) is 8.92. The van der Waals surface area contributed by atoms with Gasteiger partial charge >= 0.3 is 5.51 Å². The molecule has 19 heavy (non-hydrogen) atoms. The average Bonchev–Trinajstić information content (AvgIpc) is 2.34. The zero-order valence-corrected chi connectivity index (χ0v) is 12.6. The van der Waals surface area contributed by atoms with Crippen molar-refractivity contribution in [3.8, 4) is 0 Å². The Bertz CT molecular complexity index is 241. The lowest BCUT2D eigenvalue weighted by Gasteiger charge is -2.35. The van der Waals surface area contributed by atoms with Crippen molar-refractivity contribution in [2.24, 2.45) is 5.92 Å². The number of hydrogen-bond donors (Lipinski definition) is 1. The molecule has 0 saturated carbocycles. The highest BCUT2D eigenvalue weighted by molar-refractivity contribution is 8.00. The molecule has 0 amide bonds. The topological polar surface area (TPSA) is 15.3 Å². The number of likely N-dealkylation sites (tertiary alicyclic amines) is 1. The highest BCUT2D eigenvalue weighted by atomic mass is 32.2. The fourth-order valence-corrected chi connectivity index (χ4v) is 3.06. The number of hydrogen-bond acceptors (Lipinski definition) is 3. The lowest BCUT2D eigenvalue weighted by Crippen LogP contribution is -2.42. The van der Waals surface area contributed by atoms with E-state index in [2.05, 4.69) is 24.1 Å². The molecule has 1 fully saturated rings. The molecule has 1 aliphatic heterocycles. The van der Waals surface area contributed by atoms with Crippen molar-refractivity contribution >= 4 is 11.8 Å². The maximum atomic E-state index is 12.0. The molecule has 0 aliphatic carbocycles. The fourth-order valence-electron chi connectivity index (χ4n) is 2.61. The number of nitrogens with one attached hydrogen (secondary N) is 1. The maximum Gasteiger partial charge on any atom is 0.441 e. The van der Waals surface area contributed by atoms with E-state index >= 15 is 0 Å². The van der Waals surface area contributed by atoms with Crippen molar-refractivity contribution in [2.75, 3.05) is 31.9 Å². The SMILES string of the molecule is CCCN1CCC(C(C)NCCSC(F)(F)F)CC1. The summed E-state index contributed by atoms with van der Waals surface area (Å²) in [7, 11) is 0. The normalized spacial score (nSPS) is 20.7. The van der Waals surface area contributed by atoms with Gasteiger partial charge in [0.15, 0.2) is 0 Å². The Morgan fingerprint density at radius 1 is 1.32 bits per heavy atom. The van der Waals surface area contributed by atoms with Crippen LogP contribution in [0.5, 0.6) is 0 Å². The van der Waals surface area contributed by atoms with Gasteiger partial charge in [-0.05, 0) is 63.5 Å². The minimum absolute atomic E-state index is 0.0585. The van der Waals surface area contributed by atoms with Gasteiger partial charge in [0, 0.05) is 18.3 Å². The van der Waals surface area contributed by atoms with Crippen LogP contribution in [0, 0.1) is 5.92 Å². The molecule has 0 aromatic heterocycles. The van der Waals surface area contributed by atoms with Crippen LogP contribution in [0.1, 0.15) is 33.1 Å². The summed E-state index contributed by atoms with van der Waals surface area (Å²) in [4.78, 5) is 2.47. The van der Waals surface area contributed by atoms with E-state index in [0.29, 0.717) is 18.5 Å². The molecular weight excluding hydrogens is 273 g/mol. The Morgan fingerprint density at radius 2 is 1.95 bits per heavy atom. The second-order valence-electron chi connectivity index (χ2n) is 5.22. The smallest absolute Gasteiger partial charge is 0.313 e. The summed E-state index contributed by atoms with van der Waals surface area (Å²) in [5.41, 5.74) is -4.10. The van der Waals surface area contributed by atoms with Gasteiger partial charge in [-0.3, -0.25) is 0 Å². The van der Waals surface area contributed by atoms with Crippen LogP contribution >= 0.6 is 11.8 Å². The summed E-state index contributed by atoms with van der Waals surface area (Å²) in [5, 5.41) is 3.23. The Labute approximate surface area is 118 Å². The first-order valence-corrected chi connectivity index (χ1v) is 8.07. The highest BCUT2D eigenvalue weighted by Crippen LogP contribution is 2.29. The van der Waals surface area contributed by atoms with Crippen LogP contribution in [-0.2, 0) is 0 Å². The molecule has 114 valence electrons. The summed E-state index contributed by atoms with van der Waals surface area (Å²) in [6.45, 7) is 8.13. The van der Waals surface area contributed by atoms with Crippen molar-refractivity contribution < 1.29 is 13.2 Å². The summed E-state index contributed by atoms with van der Waals surface area (Å²) in [6.07, 6.45) is 3.49. The van der Waals surface area contributed by atoms with Crippen LogP contribution in [0.4, 0.5) is 13.2 Å². The van der Waals surface area contributed by atoms with Crippen molar-refractivity contribution in [3.63, 3.8) is 0 Å². The Balaban J connectivity index is 2.12. The zero-order valence-electron chi connectivity index (χ0n) is 11.8. The van der Waals surface area contributed by atoms with Gasteiger partial charge in [-0.1, -0.05) is 6.92 Å². The number of nitrogens with zero attached hydrogens (tertiary/aromatic N) is 1. The van der Waals surface area contributed by atoms with Gasteiger partial charge < -0.3 is 10.2 Å². The Hall–Kier alpha value is 0.0600. The predicted octanol–water partition coefficient (Wildman–Crippen LogP) is 3.34. The Morgan fingerprint density at radius 3 is 2.47 bits per heavy atom. The van der Waals surface area contributed by atoms with Crippen molar-refractivity contribution in [3.05, 3.63) is 0 Å². The minimum atomic E-state index is -4.10. The zero-order chi connectivity index (χ0) is 14.3. The predicted molar refractivity (Wildman–Crippen MR) is 75.4 cm³/mol. The monoisotopic (exact) mass is 298 g/mol. The molecule has 1 saturated heterocycles. The van der Waals surface area contributed by atoms with Crippen LogP contribution in [-0.4, -0.2) is 48.4 Å². The van der Waals surface area contributed by atoms with E-state index < -0.39 is 5.51 Å². The van der Waals surface area contributed by atoms with Crippen LogP contribution in [0.15, 0.2) is 0 Å². The molecule has 1 aliphatic rings. The van der Waals surface area contributed by atoms with Gasteiger partial charge in [-0.2, -0.15) is 13.2 Å². The molecule has 1 atom stereocenters. The summed E-state index contributed by atoms with van der Waals surface area (Å²) < 4.78 is 35.9. The molecule has 1 heterocycles.